The quantitative estimate of drug-likeness (QED) is 0.116. The third-order valence-electron chi connectivity index (χ3n) is 10.8. The maximum atomic E-state index is 13.6. The first-order valence-corrected chi connectivity index (χ1v) is 20.0. The van der Waals surface area contributed by atoms with Gasteiger partial charge in [-0.25, -0.2) is 19.6 Å². The zero-order valence-corrected chi connectivity index (χ0v) is 33.3. The SMILES string of the molecule is COC(=O)N[C@H](C(=O)N1CCC[C@H]1c1ncc(-c2ccc(-c3csc4c3ccn4-c3cnc([C@@H]4CCCN4C(=O)[C@@H](NC(=O)OC)C(C)C)[nH]3)cc2)[nH]1)C(C)C. The van der Waals surface area contributed by atoms with Gasteiger partial charge in [0.05, 0.1) is 44.4 Å². The molecule has 16 heteroatoms. The first-order valence-electron chi connectivity index (χ1n) is 19.1. The largest absolute Gasteiger partial charge is 0.453 e. The zero-order valence-electron chi connectivity index (χ0n) is 32.5. The summed E-state index contributed by atoms with van der Waals surface area (Å²) in [5.41, 5.74) is 4.03. The molecule has 4 amide bonds. The Morgan fingerprint density at radius 3 is 1.86 bits per heavy atom. The van der Waals surface area contributed by atoms with Gasteiger partial charge in [0, 0.05) is 35.6 Å². The Hall–Kier alpha value is -5.64. The fourth-order valence-electron chi connectivity index (χ4n) is 7.82. The van der Waals surface area contributed by atoms with Crippen molar-refractivity contribution in [1.82, 2.24) is 44.9 Å². The van der Waals surface area contributed by atoms with Gasteiger partial charge in [-0.05, 0) is 54.7 Å². The Balaban J connectivity index is 1.05. The number of amides is 4. The van der Waals surface area contributed by atoms with Crippen molar-refractivity contribution in [1.29, 1.82) is 0 Å². The third kappa shape index (κ3) is 7.49. The molecule has 4 aromatic heterocycles. The van der Waals surface area contributed by atoms with Crippen molar-refractivity contribution in [2.75, 3.05) is 27.3 Å². The molecule has 4 atom stereocenters. The van der Waals surface area contributed by atoms with Crippen LogP contribution in [0.25, 0.3) is 38.4 Å². The number of H-pyrrole nitrogens is 2. The number of likely N-dealkylation sites (tertiary alicyclic amines) is 2. The lowest BCUT2D eigenvalue weighted by atomic mass is 10.0. The van der Waals surface area contributed by atoms with Gasteiger partial charge in [0.2, 0.25) is 11.8 Å². The Morgan fingerprint density at radius 2 is 1.30 bits per heavy atom. The van der Waals surface area contributed by atoms with Crippen LogP contribution in [0.2, 0.25) is 0 Å². The lowest BCUT2D eigenvalue weighted by Crippen LogP contribution is -2.51. The number of thiophene rings is 1. The maximum absolute atomic E-state index is 13.6. The average molecular weight is 784 g/mol. The molecule has 1 aromatic carbocycles. The van der Waals surface area contributed by atoms with Crippen molar-refractivity contribution in [2.24, 2.45) is 11.8 Å². The Labute approximate surface area is 329 Å². The minimum Gasteiger partial charge on any atom is -0.453 e. The average Bonchev–Trinajstić information content (AvgIpc) is 4.04. The molecule has 0 bridgehead atoms. The van der Waals surface area contributed by atoms with E-state index >= 15 is 0 Å². The molecular weight excluding hydrogens is 735 g/mol. The predicted octanol–water partition coefficient (Wildman–Crippen LogP) is 6.56. The number of hydrogen-bond donors (Lipinski definition) is 4. The van der Waals surface area contributed by atoms with Crippen molar-refractivity contribution in [3.8, 4) is 28.2 Å². The van der Waals surface area contributed by atoms with Crippen LogP contribution in [0.5, 0.6) is 0 Å². The lowest BCUT2D eigenvalue weighted by molar-refractivity contribution is -0.136. The van der Waals surface area contributed by atoms with Gasteiger partial charge in [-0.3, -0.25) is 14.2 Å². The molecule has 2 aliphatic rings. The number of ether oxygens (including phenoxy) is 2. The van der Waals surface area contributed by atoms with Gasteiger partial charge in [0.1, 0.15) is 34.4 Å². The molecule has 296 valence electrons. The molecule has 2 saturated heterocycles. The summed E-state index contributed by atoms with van der Waals surface area (Å²) < 4.78 is 11.6. The summed E-state index contributed by atoms with van der Waals surface area (Å²) in [5.74, 6) is 1.74. The summed E-state index contributed by atoms with van der Waals surface area (Å²) in [6.45, 7) is 8.79. The highest BCUT2D eigenvalue weighted by molar-refractivity contribution is 7.17. The highest BCUT2D eigenvalue weighted by Gasteiger charge is 2.39. The third-order valence-corrected chi connectivity index (χ3v) is 11.8. The van der Waals surface area contributed by atoms with Gasteiger partial charge in [0.15, 0.2) is 0 Å². The van der Waals surface area contributed by atoms with E-state index in [1.54, 1.807) is 17.5 Å². The number of aromatic amines is 2. The van der Waals surface area contributed by atoms with Crippen molar-refractivity contribution in [2.45, 2.75) is 77.5 Å². The minimum absolute atomic E-state index is 0.107. The normalized spacial score (nSPS) is 18.1. The van der Waals surface area contributed by atoms with E-state index in [0.29, 0.717) is 18.9 Å². The minimum atomic E-state index is -0.695. The number of nitrogens with one attached hydrogen (secondary N) is 4. The summed E-state index contributed by atoms with van der Waals surface area (Å²) >= 11 is 1.65. The lowest BCUT2D eigenvalue weighted by Gasteiger charge is -2.30. The van der Waals surface area contributed by atoms with Crippen LogP contribution < -0.4 is 10.6 Å². The highest BCUT2D eigenvalue weighted by atomic mass is 32.1. The topological polar surface area (TPSA) is 180 Å². The molecule has 0 unspecified atom stereocenters. The number of alkyl carbamates (subject to hydrolysis) is 2. The summed E-state index contributed by atoms with van der Waals surface area (Å²) in [4.78, 5) is 72.2. The summed E-state index contributed by atoms with van der Waals surface area (Å²) in [6.07, 6.45) is 7.63. The highest BCUT2D eigenvalue weighted by Crippen LogP contribution is 2.38. The van der Waals surface area contributed by atoms with E-state index in [1.165, 1.54) is 14.2 Å². The summed E-state index contributed by atoms with van der Waals surface area (Å²) in [6, 6.07) is 8.63. The molecule has 7 rings (SSSR count). The number of hydrogen-bond acceptors (Lipinski definition) is 9. The first-order chi connectivity index (χ1) is 27.0. The molecule has 15 nitrogen and oxygen atoms in total. The zero-order chi connectivity index (χ0) is 39.7. The van der Waals surface area contributed by atoms with E-state index in [1.807, 2.05) is 49.9 Å². The van der Waals surface area contributed by atoms with Gasteiger partial charge in [-0.1, -0.05) is 52.0 Å². The number of nitrogens with zero attached hydrogens (tertiary/aromatic N) is 5. The number of imidazole rings is 2. The number of methoxy groups -OCH3 is 2. The van der Waals surface area contributed by atoms with Crippen LogP contribution in [0.15, 0.2) is 54.3 Å². The number of fused-ring (bicyclic) bond motifs is 1. The van der Waals surface area contributed by atoms with E-state index in [2.05, 4.69) is 60.9 Å². The molecular formula is C40H49N9O6S. The second-order valence-electron chi connectivity index (χ2n) is 15.1. The maximum Gasteiger partial charge on any atom is 0.407 e. The van der Waals surface area contributed by atoms with Crippen LogP contribution in [0.1, 0.15) is 77.1 Å². The molecule has 6 heterocycles. The van der Waals surface area contributed by atoms with Crippen molar-refractivity contribution in [3.63, 3.8) is 0 Å². The van der Waals surface area contributed by atoms with Crippen LogP contribution in [0.4, 0.5) is 9.59 Å². The molecule has 2 aliphatic heterocycles. The molecule has 0 aliphatic carbocycles. The second-order valence-corrected chi connectivity index (χ2v) is 15.9. The van der Waals surface area contributed by atoms with Gasteiger partial charge in [-0.2, -0.15) is 0 Å². The smallest absolute Gasteiger partial charge is 0.407 e. The number of rotatable bonds is 11. The predicted molar refractivity (Wildman–Crippen MR) is 212 cm³/mol. The Morgan fingerprint density at radius 1 is 0.768 bits per heavy atom. The van der Waals surface area contributed by atoms with Crippen LogP contribution in [0, 0.1) is 11.8 Å². The standard InChI is InChI=1S/C40H49N9O6S/c1-22(2)32(45-39(52)54-5)36(50)47-16-7-9-29(47)34-41-19-28(43-34)25-13-11-24(12-14-25)27-21-56-38-26(27)15-18-49(38)31-20-42-35(44-31)30-10-8-17-48(30)37(51)33(23(3)4)46-40(53)55-6/h11-15,18-23,29-30,32-33H,7-10,16-17H2,1-6H3,(H,41,43)(H,42,44)(H,45,52)(H,46,53)/t29-,30-,32-,33-/m0/s1. The fraction of sp³-hybridized carbons (Fsp3) is 0.450. The van der Waals surface area contributed by atoms with Crippen LogP contribution in [0.3, 0.4) is 0 Å². The Bertz CT molecular complexity index is 2200. The molecule has 4 N–H and O–H groups in total. The number of benzene rings is 1. The van der Waals surface area contributed by atoms with E-state index < -0.39 is 24.3 Å². The van der Waals surface area contributed by atoms with E-state index in [4.69, 9.17) is 19.4 Å². The van der Waals surface area contributed by atoms with Crippen LogP contribution in [-0.4, -0.2) is 97.7 Å². The van der Waals surface area contributed by atoms with Crippen molar-refractivity contribution >= 4 is 45.6 Å². The van der Waals surface area contributed by atoms with Gasteiger partial charge in [0.25, 0.3) is 0 Å². The first kappa shape index (κ1) is 38.6. The van der Waals surface area contributed by atoms with Crippen LogP contribution >= 0.6 is 11.3 Å². The summed E-state index contributed by atoms with van der Waals surface area (Å²) in [7, 11) is 2.58. The number of carbonyl (C=O) groups is 4. The second kappa shape index (κ2) is 16.2. The number of aromatic nitrogens is 5. The monoisotopic (exact) mass is 783 g/mol. The van der Waals surface area contributed by atoms with Crippen molar-refractivity contribution < 1.29 is 28.7 Å². The van der Waals surface area contributed by atoms with Gasteiger partial charge in [-0.15, -0.1) is 11.3 Å². The molecule has 5 aromatic rings. The summed E-state index contributed by atoms with van der Waals surface area (Å²) in [5, 5.41) is 8.67. The van der Waals surface area contributed by atoms with E-state index in [0.717, 1.165) is 69.9 Å². The van der Waals surface area contributed by atoms with E-state index in [9.17, 15) is 19.2 Å². The molecule has 0 saturated carbocycles. The molecule has 0 spiro atoms. The molecule has 2 fully saturated rings. The fourth-order valence-corrected chi connectivity index (χ4v) is 8.89. The number of carbonyl (C=O) groups excluding carboxylic acids is 4. The van der Waals surface area contributed by atoms with Crippen molar-refractivity contribution in [3.05, 3.63) is 66.0 Å². The van der Waals surface area contributed by atoms with Crippen LogP contribution in [-0.2, 0) is 19.1 Å². The molecule has 56 heavy (non-hydrogen) atoms. The van der Waals surface area contributed by atoms with Gasteiger partial charge >= 0.3 is 12.2 Å². The van der Waals surface area contributed by atoms with E-state index in [-0.39, 0.29) is 35.7 Å². The molecule has 0 radical (unpaired) electrons. The Kier molecular flexibility index (Phi) is 11.2. The van der Waals surface area contributed by atoms with Gasteiger partial charge < -0.3 is 39.9 Å².